The van der Waals surface area contributed by atoms with Gasteiger partial charge in [-0.1, -0.05) is 61.3 Å². The van der Waals surface area contributed by atoms with E-state index in [9.17, 15) is 0 Å². The molecule has 0 bridgehead atoms. The summed E-state index contributed by atoms with van der Waals surface area (Å²) in [5.41, 5.74) is 3.58. The first-order valence-electron chi connectivity index (χ1n) is 6.79. The highest BCUT2D eigenvalue weighted by molar-refractivity contribution is 6.42. The van der Waals surface area contributed by atoms with Crippen LogP contribution < -0.4 is 5.32 Å². The molecule has 2 aromatic carbocycles. The van der Waals surface area contributed by atoms with Gasteiger partial charge in [-0.15, -0.1) is 0 Å². The molecule has 0 aliphatic carbocycles. The molecule has 0 heterocycles. The number of hydrogen-bond acceptors (Lipinski definition) is 1. The Hall–Kier alpha value is -1.18. The van der Waals surface area contributed by atoms with Crippen molar-refractivity contribution < 1.29 is 0 Å². The highest BCUT2D eigenvalue weighted by atomic mass is 35.5. The monoisotopic (exact) mass is 307 g/mol. The van der Waals surface area contributed by atoms with Crippen molar-refractivity contribution >= 4 is 28.9 Å². The lowest BCUT2D eigenvalue weighted by Gasteiger charge is -2.17. The SMILES string of the molecule is CC(C)c1ccc(C(C)Nc2ccc(Cl)c(Cl)c2)cc1. The maximum Gasteiger partial charge on any atom is 0.0612 e. The summed E-state index contributed by atoms with van der Waals surface area (Å²) in [6, 6.07) is 14.5. The van der Waals surface area contributed by atoms with Gasteiger partial charge in [-0.05, 0) is 42.2 Å². The van der Waals surface area contributed by atoms with Crippen molar-refractivity contribution in [3.8, 4) is 0 Å². The van der Waals surface area contributed by atoms with Gasteiger partial charge in [-0.3, -0.25) is 0 Å². The van der Waals surface area contributed by atoms with Gasteiger partial charge in [0.15, 0.2) is 0 Å². The molecule has 0 aromatic heterocycles. The minimum atomic E-state index is 0.216. The van der Waals surface area contributed by atoms with Gasteiger partial charge >= 0.3 is 0 Å². The van der Waals surface area contributed by atoms with E-state index < -0.39 is 0 Å². The molecule has 2 rings (SSSR count). The molecule has 0 aliphatic rings. The largest absolute Gasteiger partial charge is 0.378 e. The average molecular weight is 308 g/mol. The van der Waals surface area contributed by atoms with Crippen LogP contribution >= 0.6 is 23.2 Å². The lowest BCUT2D eigenvalue weighted by molar-refractivity contribution is 0.852. The number of nitrogens with one attached hydrogen (secondary N) is 1. The zero-order valence-electron chi connectivity index (χ0n) is 12.0. The van der Waals surface area contributed by atoms with Gasteiger partial charge in [0.1, 0.15) is 0 Å². The molecular weight excluding hydrogens is 289 g/mol. The van der Waals surface area contributed by atoms with E-state index in [4.69, 9.17) is 23.2 Å². The molecule has 0 saturated heterocycles. The first-order valence-corrected chi connectivity index (χ1v) is 7.54. The molecule has 2 aromatic rings. The number of hydrogen-bond donors (Lipinski definition) is 1. The number of rotatable bonds is 4. The molecule has 3 heteroatoms. The second kappa shape index (κ2) is 6.51. The van der Waals surface area contributed by atoms with Crippen LogP contribution in [0.1, 0.15) is 43.9 Å². The van der Waals surface area contributed by atoms with E-state index in [1.807, 2.05) is 12.1 Å². The summed E-state index contributed by atoms with van der Waals surface area (Å²) >= 11 is 11.9. The Morgan fingerprint density at radius 2 is 1.40 bits per heavy atom. The number of halogens is 2. The van der Waals surface area contributed by atoms with E-state index >= 15 is 0 Å². The molecule has 1 N–H and O–H groups in total. The lowest BCUT2D eigenvalue weighted by Crippen LogP contribution is -2.06. The molecule has 1 nitrogen and oxygen atoms in total. The third-order valence-corrected chi connectivity index (χ3v) is 4.14. The standard InChI is InChI=1S/C17H19Cl2N/c1-11(2)13-4-6-14(7-5-13)12(3)20-15-8-9-16(18)17(19)10-15/h4-12,20H,1-3H3. The van der Waals surface area contributed by atoms with Gasteiger partial charge in [-0.2, -0.15) is 0 Å². The van der Waals surface area contributed by atoms with E-state index in [0.717, 1.165) is 5.69 Å². The Labute approximate surface area is 130 Å². The predicted octanol–water partition coefficient (Wildman–Crippen LogP) is 6.29. The van der Waals surface area contributed by atoms with Crippen molar-refractivity contribution in [3.05, 3.63) is 63.6 Å². The van der Waals surface area contributed by atoms with Crippen molar-refractivity contribution in [2.45, 2.75) is 32.7 Å². The molecule has 20 heavy (non-hydrogen) atoms. The van der Waals surface area contributed by atoms with Gasteiger partial charge in [0.25, 0.3) is 0 Å². The summed E-state index contributed by atoms with van der Waals surface area (Å²) in [5, 5.41) is 4.58. The molecule has 1 unspecified atom stereocenters. The zero-order valence-corrected chi connectivity index (χ0v) is 13.5. The molecule has 0 saturated carbocycles. The minimum Gasteiger partial charge on any atom is -0.378 e. The van der Waals surface area contributed by atoms with E-state index in [1.54, 1.807) is 6.07 Å². The van der Waals surface area contributed by atoms with Crippen LogP contribution in [0.5, 0.6) is 0 Å². The van der Waals surface area contributed by atoms with Crippen LogP contribution in [0.25, 0.3) is 0 Å². The van der Waals surface area contributed by atoms with E-state index in [2.05, 4.69) is 50.4 Å². The van der Waals surface area contributed by atoms with Crippen LogP contribution in [-0.2, 0) is 0 Å². The zero-order chi connectivity index (χ0) is 14.7. The van der Waals surface area contributed by atoms with Crippen LogP contribution in [0.3, 0.4) is 0 Å². The average Bonchev–Trinajstić information content (AvgIpc) is 2.43. The molecule has 0 radical (unpaired) electrons. The summed E-state index contributed by atoms with van der Waals surface area (Å²) in [4.78, 5) is 0. The van der Waals surface area contributed by atoms with Gasteiger partial charge in [-0.25, -0.2) is 0 Å². The molecule has 0 aliphatic heterocycles. The molecule has 0 spiro atoms. The van der Waals surface area contributed by atoms with Crippen molar-refractivity contribution in [3.63, 3.8) is 0 Å². The Morgan fingerprint density at radius 1 is 0.800 bits per heavy atom. The van der Waals surface area contributed by atoms with Crippen LogP contribution in [0.15, 0.2) is 42.5 Å². The third-order valence-electron chi connectivity index (χ3n) is 3.41. The summed E-state index contributed by atoms with van der Waals surface area (Å²) in [5.74, 6) is 0.558. The van der Waals surface area contributed by atoms with Crippen molar-refractivity contribution in [1.82, 2.24) is 0 Å². The van der Waals surface area contributed by atoms with Gasteiger partial charge in [0.2, 0.25) is 0 Å². The van der Waals surface area contributed by atoms with Crippen LogP contribution in [0.4, 0.5) is 5.69 Å². The van der Waals surface area contributed by atoms with Gasteiger partial charge in [0.05, 0.1) is 10.0 Å². The maximum absolute atomic E-state index is 6.03. The first-order chi connectivity index (χ1) is 9.47. The fourth-order valence-corrected chi connectivity index (χ4v) is 2.39. The topological polar surface area (TPSA) is 12.0 Å². The molecular formula is C17H19Cl2N. The lowest BCUT2D eigenvalue weighted by atomic mass is 9.99. The van der Waals surface area contributed by atoms with Gasteiger partial charge < -0.3 is 5.32 Å². The minimum absolute atomic E-state index is 0.216. The Morgan fingerprint density at radius 3 is 1.95 bits per heavy atom. The fourth-order valence-electron chi connectivity index (χ4n) is 2.09. The second-order valence-electron chi connectivity index (χ2n) is 5.32. The predicted molar refractivity (Wildman–Crippen MR) is 89.0 cm³/mol. The van der Waals surface area contributed by atoms with Crippen LogP contribution in [0.2, 0.25) is 10.0 Å². The first kappa shape index (κ1) is 15.2. The normalized spacial score (nSPS) is 12.5. The van der Waals surface area contributed by atoms with E-state index in [-0.39, 0.29) is 6.04 Å². The summed E-state index contributed by atoms with van der Waals surface area (Å²) in [6.45, 7) is 6.53. The van der Waals surface area contributed by atoms with E-state index in [0.29, 0.717) is 16.0 Å². The van der Waals surface area contributed by atoms with Crippen molar-refractivity contribution in [2.75, 3.05) is 5.32 Å². The number of benzene rings is 2. The summed E-state index contributed by atoms with van der Waals surface area (Å²) in [6.07, 6.45) is 0. The molecule has 0 fully saturated rings. The smallest absolute Gasteiger partial charge is 0.0612 e. The maximum atomic E-state index is 6.03. The van der Waals surface area contributed by atoms with Gasteiger partial charge in [0, 0.05) is 11.7 Å². The van der Waals surface area contributed by atoms with Crippen LogP contribution in [-0.4, -0.2) is 0 Å². The molecule has 0 amide bonds. The Bertz CT molecular complexity index is 576. The molecule has 1 atom stereocenters. The Kier molecular flexibility index (Phi) is 4.95. The quantitative estimate of drug-likeness (QED) is 0.700. The highest BCUT2D eigenvalue weighted by Gasteiger charge is 2.07. The van der Waals surface area contributed by atoms with Crippen molar-refractivity contribution in [2.24, 2.45) is 0 Å². The number of anilines is 1. The second-order valence-corrected chi connectivity index (χ2v) is 6.13. The highest BCUT2D eigenvalue weighted by Crippen LogP contribution is 2.27. The van der Waals surface area contributed by atoms with Crippen molar-refractivity contribution in [1.29, 1.82) is 0 Å². The van der Waals surface area contributed by atoms with E-state index in [1.165, 1.54) is 11.1 Å². The summed E-state index contributed by atoms with van der Waals surface area (Å²) < 4.78 is 0. The molecule has 106 valence electrons. The third kappa shape index (κ3) is 3.68. The summed E-state index contributed by atoms with van der Waals surface area (Å²) in [7, 11) is 0. The van der Waals surface area contributed by atoms with Crippen LogP contribution in [0, 0.1) is 0 Å². The Balaban J connectivity index is 2.10. The fraction of sp³-hybridized carbons (Fsp3) is 0.294.